The van der Waals surface area contributed by atoms with E-state index in [1.165, 1.54) is 5.56 Å². The van der Waals surface area contributed by atoms with Crippen LogP contribution in [0.2, 0.25) is 0 Å². The van der Waals surface area contributed by atoms with Crippen molar-refractivity contribution in [3.63, 3.8) is 0 Å². The number of carbonyl (C=O) groups excluding carboxylic acids is 1. The topological polar surface area (TPSA) is 23.6 Å². The fraction of sp³-hybridized carbons (Fsp3) is 0.500. The molecule has 4 heteroatoms. The monoisotopic (exact) mass is 266 g/mol. The molecule has 0 unspecified atom stereocenters. The van der Waals surface area contributed by atoms with E-state index in [1.807, 2.05) is 6.07 Å². The van der Waals surface area contributed by atoms with E-state index in [2.05, 4.69) is 29.2 Å². The number of amides is 1. The van der Waals surface area contributed by atoms with E-state index in [-0.39, 0.29) is 5.37 Å². The molecule has 0 aliphatic carbocycles. The van der Waals surface area contributed by atoms with Crippen LogP contribution < -0.4 is 0 Å². The van der Waals surface area contributed by atoms with Gasteiger partial charge in [-0.15, -0.1) is 0 Å². The second-order valence-electron chi connectivity index (χ2n) is 4.86. The highest BCUT2D eigenvalue weighted by atomic mass is 35.5. The van der Waals surface area contributed by atoms with E-state index in [1.54, 1.807) is 11.9 Å². The smallest absolute Gasteiger partial charge is 0.316 e. The van der Waals surface area contributed by atoms with Crippen molar-refractivity contribution in [2.45, 2.75) is 25.4 Å². The molecule has 1 heterocycles. The minimum atomic E-state index is -0.350. The number of hydrogen-bond acceptors (Lipinski definition) is 2. The van der Waals surface area contributed by atoms with Crippen LogP contribution in [0, 0.1) is 0 Å². The maximum atomic E-state index is 11.1. The van der Waals surface area contributed by atoms with Gasteiger partial charge < -0.3 is 4.90 Å². The van der Waals surface area contributed by atoms with Gasteiger partial charge >= 0.3 is 5.37 Å². The number of piperidine rings is 1. The quantitative estimate of drug-likeness (QED) is 0.620. The molecule has 1 aromatic carbocycles. The van der Waals surface area contributed by atoms with E-state index in [0.717, 1.165) is 32.5 Å². The molecule has 0 aromatic heterocycles. The zero-order valence-corrected chi connectivity index (χ0v) is 11.4. The van der Waals surface area contributed by atoms with Gasteiger partial charge in [-0.3, -0.25) is 9.69 Å². The molecule has 0 radical (unpaired) electrons. The highest BCUT2D eigenvalue weighted by Gasteiger charge is 2.24. The third kappa shape index (κ3) is 3.47. The molecule has 1 aromatic rings. The average Bonchev–Trinajstić information content (AvgIpc) is 2.40. The van der Waals surface area contributed by atoms with Crippen molar-refractivity contribution >= 4 is 17.0 Å². The van der Waals surface area contributed by atoms with Crippen LogP contribution in [0.25, 0.3) is 0 Å². The van der Waals surface area contributed by atoms with Gasteiger partial charge in [-0.1, -0.05) is 30.3 Å². The Balaban J connectivity index is 1.82. The first-order valence-electron chi connectivity index (χ1n) is 6.35. The summed E-state index contributed by atoms with van der Waals surface area (Å²) in [6.45, 7) is 3.04. The molecule has 0 spiro atoms. The average molecular weight is 267 g/mol. The number of hydrogen-bond donors (Lipinski definition) is 0. The number of rotatable bonds is 3. The third-order valence-electron chi connectivity index (χ3n) is 3.63. The zero-order chi connectivity index (χ0) is 13.0. The summed E-state index contributed by atoms with van der Waals surface area (Å²) in [4.78, 5) is 15.2. The highest BCUT2D eigenvalue weighted by molar-refractivity contribution is 6.62. The lowest BCUT2D eigenvalue weighted by atomic mass is 10.0. The molecule has 1 aliphatic heterocycles. The minimum absolute atomic E-state index is 0.294. The molecule has 1 aliphatic rings. The molecule has 1 amide bonds. The van der Waals surface area contributed by atoms with Gasteiger partial charge in [-0.2, -0.15) is 0 Å². The predicted molar refractivity (Wildman–Crippen MR) is 73.8 cm³/mol. The summed E-state index contributed by atoms with van der Waals surface area (Å²) in [5.41, 5.74) is 1.35. The molecule has 0 bridgehead atoms. The molecular formula is C14H19ClN2O. The van der Waals surface area contributed by atoms with Crippen molar-refractivity contribution in [2.75, 3.05) is 20.1 Å². The van der Waals surface area contributed by atoms with Crippen LogP contribution in [0.15, 0.2) is 30.3 Å². The van der Waals surface area contributed by atoms with E-state index in [9.17, 15) is 4.79 Å². The van der Waals surface area contributed by atoms with Crippen LogP contribution in [-0.4, -0.2) is 41.3 Å². The molecule has 3 nitrogen and oxygen atoms in total. The highest BCUT2D eigenvalue weighted by Crippen LogP contribution is 2.18. The Kier molecular flexibility index (Phi) is 4.61. The second kappa shape index (κ2) is 6.21. The maximum Gasteiger partial charge on any atom is 0.316 e. The number of benzene rings is 1. The molecule has 18 heavy (non-hydrogen) atoms. The summed E-state index contributed by atoms with van der Waals surface area (Å²) in [7, 11) is 1.78. The normalized spacial score (nSPS) is 17.7. The van der Waals surface area contributed by atoms with Gasteiger partial charge in [0.25, 0.3) is 0 Å². The minimum Gasteiger partial charge on any atom is -0.329 e. The fourth-order valence-electron chi connectivity index (χ4n) is 2.45. The van der Waals surface area contributed by atoms with E-state index >= 15 is 0 Å². The molecule has 1 fully saturated rings. The van der Waals surface area contributed by atoms with Crippen LogP contribution in [0.3, 0.4) is 0 Å². The van der Waals surface area contributed by atoms with Crippen LogP contribution in [0.4, 0.5) is 4.79 Å². The molecule has 0 atom stereocenters. The summed E-state index contributed by atoms with van der Waals surface area (Å²) in [6, 6.07) is 10.8. The third-order valence-corrected chi connectivity index (χ3v) is 3.90. The van der Waals surface area contributed by atoms with Gasteiger partial charge in [-0.05, 0) is 30.0 Å². The first kappa shape index (κ1) is 13.4. The number of carbonyl (C=O) groups is 1. The largest absolute Gasteiger partial charge is 0.329 e. The molecule has 2 rings (SSSR count). The van der Waals surface area contributed by atoms with Gasteiger partial charge in [-0.25, -0.2) is 0 Å². The Morgan fingerprint density at radius 1 is 1.33 bits per heavy atom. The lowest BCUT2D eigenvalue weighted by molar-refractivity contribution is 0.141. The Morgan fingerprint density at radius 3 is 2.50 bits per heavy atom. The van der Waals surface area contributed by atoms with Crippen LogP contribution in [0.5, 0.6) is 0 Å². The van der Waals surface area contributed by atoms with E-state index in [4.69, 9.17) is 11.6 Å². The van der Waals surface area contributed by atoms with Gasteiger partial charge in [0.1, 0.15) is 0 Å². The lowest BCUT2D eigenvalue weighted by Crippen LogP contribution is -2.43. The first-order chi connectivity index (χ1) is 8.66. The summed E-state index contributed by atoms with van der Waals surface area (Å²) in [5, 5.41) is -0.350. The van der Waals surface area contributed by atoms with Crippen molar-refractivity contribution in [2.24, 2.45) is 0 Å². The number of nitrogens with zero attached hydrogens (tertiary/aromatic N) is 2. The van der Waals surface area contributed by atoms with Crippen LogP contribution in [0.1, 0.15) is 18.4 Å². The Labute approximate surface area is 113 Å². The molecule has 1 saturated heterocycles. The zero-order valence-electron chi connectivity index (χ0n) is 10.7. The summed E-state index contributed by atoms with van der Waals surface area (Å²) in [5.74, 6) is 0. The van der Waals surface area contributed by atoms with Crippen molar-refractivity contribution in [1.29, 1.82) is 0 Å². The number of halogens is 1. The van der Waals surface area contributed by atoms with E-state index < -0.39 is 0 Å². The van der Waals surface area contributed by atoms with Crippen molar-refractivity contribution in [3.8, 4) is 0 Å². The van der Waals surface area contributed by atoms with Crippen molar-refractivity contribution < 1.29 is 4.79 Å². The Bertz CT molecular complexity index is 388. The van der Waals surface area contributed by atoms with Gasteiger partial charge in [0.15, 0.2) is 0 Å². The lowest BCUT2D eigenvalue weighted by Gasteiger charge is -2.35. The molecule has 98 valence electrons. The summed E-state index contributed by atoms with van der Waals surface area (Å²) < 4.78 is 0. The summed E-state index contributed by atoms with van der Waals surface area (Å²) in [6.07, 6.45) is 2.00. The van der Waals surface area contributed by atoms with Crippen LogP contribution in [-0.2, 0) is 6.54 Å². The molecular weight excluding hydrogens is 248 g/mol. The Hall–Kier alpha value is -1.06. The fourth-order valence-corrected chi connectivity index (χ4v) is 2.59. The van der Waals surface area contributed by atoms with Gasteiger partial charge in [0, 0.05) is 32.7 Å². The predicted octanol–water partition coefficient (Wildman–Crippen LogP) is 2.94. The van der Waals surface area contributed by atoms with E-state index in [0.29, 0.717) is 6.04 Å². The van der Waals surface area contributed by atoms with Gasteiger partial charge in [0.2, 0.25) is 0 Å². The summed E-state index contributed by atoms with van der Waals surface area (Å²) >= 11 is 5.50. The number of likely N-dealkylation sites (tertiary alicyclic amines) is 1. The van der Waals surface area contributed by atoms with Gasteiger partial charge in [0.05, 0.1) is 0 Å². The van der Waals surface area contributed by atoms with Crippen molar-refractivity contribution in [3.05, 3.63) is 35.9 Å². The van der Waals surface area contributed by atoms with Crippen LogP contribution >= 0.6 is 11.6 Å². The Morgan fingerprint density at radius 2 is 1.94 bits per heavy atom. The molecule has 0 N–H and O–H groups in total. The molecule has 0 saturated carbocycles. The van der Waals surface area contributed by atoms with Crippen molar-refractivity contribution in [1.82, 2.24) is 9.80 Å². The SMILES string of the molecule is CN(C(=O)Cl)C1CCN(Cc2ccccc2)CC1. The standard InChI is InChI=1S/C14H19ClN2O/c1-16(14(15)18)13-7-9-17(10-8-13)11-12-5-3-2-4-6-12/h2-6,13H,7-11H2,1H3. The first-order valence-corrected chi connectivity index (χ1v) is 6.73. The second-order valence-corrected chi connectivity index (χ2v) is 5.18. The maximum absolute atomic E-state index is 11.1.